The summed E-state index contributed by atoms with van der Waals surface area (Å²) < 4.78 is 12.7. The molecule has 0 saturated carbocycles. The molecule has 0 bridgehead atoms. The first kappa shape index (κ1) is 21.0. The second-order valence-corrected chi connectivity index (χ2v) is 7.97. The Labute approximate surface area is 188 Å². The molecule has 2 aromatic heterocycles. The highest BCUT2D eigenvalue weighted by Crippen LogP contribution is 2.26. The average molecular weight is 450 g/mol. The number of anilines is 1. The lowest BCUT2D eigenvalue weighted by Gasteiger charge is -2.17. The van der Waals surface area contributed by atoms with Crippen LogP contribution in [0.5, 0.6) is 0 Å². The van der Waals surface area contributed by atoms with E-state index in [1.54, 1.807) is 6.33 Å². The third kappa shape index (κ3) is 3.91. The van der Waals surface area contributed by atoms with E-state index in [-0.39, 0.29) is 36.3 Å². The zero-order valence-corrected chi connectivity index (χ0v) is 17.8. The summed E-state index contributed by atoms with van der Waals surface area (Å²) in [6.45, 7) is 1.55. The number of ether oxygens (including phenoxy) is 2. The number of imide groups is 1. The van der Waals surface area contributed by atoms with Crippen LogP contribution in [0, 0.1) is 0 Å². The first-order chi connectivity index (χ1) is 16.0. The van der Waals surface area contributed by atoms with Crippen LogP contribution in [0.25, 0.3) is 11.2 Å². The van der Waals surface area contributed by atoms with Gasteiger partial charge in [-0.15, -0.1) is 0 Å². The van der Waals surface area contributed by atoms with E-state index in [2.05, 4.69) is 15.0 Å². The molecule has 1 saturated heterocycles. The molecule has 4 heterocycles. The largest absolute Gasteiger partial charge is 0.462 e. The Kier molecular flexibility index (Phi) is 5.47. The number of carbonyl (C=O) groups excluding carboxylic acids is 3. The topological polar surface area (TPSA) is 143 Å². The molecule has 3 aromatic rings. The first-order valence-electron chi connectivity index (χ1n) is 10.7. The van der Waals surface area contributed by atoms with E-state index >= 15 is 0 Å². The molecule has 2 amide bonds. The minimum absolute atomic E-state index is 0.132. The molecular formula is C22H22N6O5. The fraction of sp³-hybridized carbons (Fsp3) is 0.364. The summed E-state index contributed by atoms with van der Waals surface area (Å²) >= 11 is 0. The van der Waals surface area contributed by atoms with Gasteiger partial charge in [0.15, 0.2) is 11.5 Å². The van der Waals surface area contributed by atoms with Gasteiger partial charge in [0.25, 0.3) is 11.8 Å². The van der Waals surface area contributed by atoms with Gasteiger partial charge in [-0.05, 0) is 37.5 Å². The number of hydrogen-bond donors (Lipinski definition) is 1. The predicted octanol–water partition coefficient (Wildman–Crippen LogP) is 1.43. The number of aryl methyl sites for hydroxylation is 1. The quantitative estimate of drug-likeness (QED) is 0.321. The number of aromatic nitrogens is 4. The molecule has 11 heteroatoms. The molecule has 5 rings (SSSR count). The summed E-state index contributed by atoms with van der Waals surface area (Å²) in [7, 11) is 0. The standard InChI is InChI=1S/C22H22N6O5/c23-18-17-19(25-11-24-18)27(12-26-17)6-2-8-33-22(31)13-4-5-15-16(9-13)21(30)28(20(15)29)10-14-3-1-7-32-14/h4-5,9,11-12,14H,1-3,6-8,10H2,(H2,23,24,25). The normalized spacial score (nSPS) is 17.7. The number of esters is 1. The summed E-state index contributed by atoms with van der Waals surface area (Å²) in [5.74, 6) is -1.02. The molecule has 2 aliphatic heterocycles. The van der Waals surface area contributed by atoms with Crippen molar-refractivity contribution < 1.29 is 23.9 Å². The zero-order valence-electron chi connectivity index (χ0n) is 17.8. The van der Waals surface area contributed by atoms with Crippen LogP contribution >= 0.6 is 0 Å². The van der Waals surface area contributed by atoms with Gasteiger partial charge >= 0.3 is 5.97 Å². The van der Waals surface area contributed by atoms with Crippen molar-refractivity contribution in [2.45, 2.75) is 31.9 Å². The van der Waals surface area contributed by atoms with Crippen molar-refractivity contribution in [2.24, 2.45) is 0 Å². The van der Waals surface area contributed by atoms with Crippen molar-refractivity contribution in [3.8, 4) is 0 Å². The number of carbonyl (C=O) groups is 3. The van der Waals surface area contributed by atoms with Crippen LogP contribution in [0.2, 0.25) is 0 Å². The van der Waals surface area contributed by atoms with Crippen LogP contribution in [0.4, 0.5) is 5.82 Å². The molecule has 0 aliphatic carbocycles. The van der Waals surface area contributed by atoms with Crippen LogP contribution in [0.15, 0.2) is 30.9 Å². The lowest BCUT2D eigenvalue weighted by atomic mass is 10.1. The Bertz CT molecular complexity index is 1250. The highest BCUT2D eigenvalue weighted by Gasteiger charge is 2.38. The van der Waals surface area contributed by atoms with Gasteiger partial charge in [-0.2, -0.15) is 0 Å². The van der Waals surface area contributed by atoms with Crippen molar-refractivity contribution >= 4 is 34.8 Å². The molecule has 2 N–H and O–H groups in total. The summed E-state index contributed by atoms with van der Waals surface area (Å²) in [5, 5.41) is 0. The van der Waals surface area contributed by atoms with Gasteiger partial charge in [-0.3, -0.25) is 14.5 Å². The molecule has 33 heavy (non-hydrogen) atoms. The SMILES string of the molecule is Nc1ncnc2c1ncn2CCCOC(=O)c1ccc2c(c1)C(=O)N(CC1CCCO1)C2=O. The van der Waals surface area contributed by atoms with Crippen LogP contribution in [-0.4, -0.2) is 68.1 Å². The maximum absolute atomic E-state index is 12.8. The average Bonchev–Trinajstić information content (AvgIpc) is 3.54. The smallest absolute Gasteiger partial charge is 0.338 e. The number of nitrogens with two attached hydrogens (primary N) is 1. The molecule has 0 radical (unpaired) electrons. The molecule has 1 fully saturated rings. The molecule has 170 valence electrons. The monoisotopic (exact) mass is 450 g/mol. The fourth-order valence-corrected chi connectivity index (χ4v) is 4.12. The minimum Gasteiger partial charge on any atom is -0.462 e. The number of benzene rings is 1. The molecule has 1 unspecified atom stereocenters. The molecule has 11 nitrogen and oxygen atoms in total. The number of rotatable bonds is 7. The van der Waals surface area contributed by atoms with Crippen molar-refractivity contribution in [1.82, 2.24) is 24.4 Å². The maximum Gasteiger partial charge on any atom is 0.338 e. The van der Waals surface area contributed by atoms with Gasteiger partial charge in [0.1, 0.15) is 11.8 Å². The molecule has 2 aliphatic rings. The first-order valence-corrected chi connectivity index (χ1v) is 10.7. The summed E-state index contributed by atoms with van der Waals surface area (Å²) in [6.07, 6.45) is 5.12. The van der Waals surface area contributed by atoms with Gasteiger partial charge in [-0.1, -0.05) is 0 Å². The van der Waals surface area contributed by atoms with Crippen LogP contribution in [-0.2, 0) is 16.0 Å². The Morgan fingerprint density at radius 1 is 1.18 bits per heavy atom. The maximum atomic E-state index is 12.8. The van der Waals surface area contributed by atoms with Gasteiger partial charge in [0, 0.05) is 13.2 Å². The zero-order chi connectivity index (χ0) is 22.9. The lowest BCUT2D eigenvalue weighted by molar-refractivity contribution is 0.0474. The van der Waals surface area contributed by atoms with E-state index in [0.29, 0.717) is 42.1 Å². The Morgan fingerprint density at radius 3 is 2.85 bits per heavy atom. The van der Waals surface area contributed by atoms with Crippen LogP contribution in [0.1, 0.15) is 50.3 Å². The Morgan fingerprint density at radius 2 is 2.03 bits per heavy atom. The number of fused-ring (bicyclic) bond motifs is 2. The van der Waals surface area contributed by atoms with Gasteiger partial charge in [-0.25, -0.2) is 19.7 Å². The van der Waals surface area contributed by atoms with E-state index in [1.165, 1.54) is 29.4 Å². The van der Waals surface area contributed by atoms with E-state index < -0.39 is 11.9 Å². The van der Waals surface area contributed by atoms with Crippen molar-refractivity contribution in [3.63, 3.8) is 0 Å². The van der Waals surface area contributed by atoms with E-state index in [1.807, 2.05) is 4.57 Å². The Hall–Kier alpha value is -3.86. The van der Waals surface area contributed by atoms with E-state index in [9.17, 15) is 14.4 Å². The lowest BCUT2D eigenvalue weighted by Crippen LogP contribution is -2.36. The Balaban J connectivity index is 1.19. The van der Waals surface area contributed by atoms with Crippen LogP contribution < -0.4 is 5.73 Å². The molecule has 1 aromatic carbocycles. The predicted molar refractivity (Wildman–Crippen MR) is 115 cm³/mol. The van der Waals surface area contributed by atoms with Gasteiger partial charge < -0.3 is 19.8 Å². The van der Waals surface area contributed by atoms with Crippen molar-refractivity contribution in [2.75, 3.05) is 25.5 Å². The van der Waals surface area contributed by atoms with Crippen molar-refractivity contribution in [3.05, 3.63) is 47.5 Å². The fourth-order valence-electron chi connectivity index (χ4n) is 4.12. The summed E-state index contributed by atoms with van der Waals surface area (Å²) in [4.78, 5) is 51.4. The third-order valence-electron chi connectivity index (χ3n) is 5.82. The molecular weight excluding hydrogens is 428 g/mol. The molecule has 0 spiro atoms. The number of imidazole rings is 1. The number of amides is 2. The second kappa shape index (κ2) is 8.58. The van der Waals surface area contributed by atoms with Crippen molar-refractivity contribution in [1.29, 1.82) is 0 Å². The molecule has 1 atom stereocenters. The highest BCUT2D eigenvalue weighted by molar-refractivity contribution is 6.22. The number of nitrogen functional groups attached to an aromatic ring is 1. The number of nitrogens with zero attached hydrogens (tertiary/aromatic N) is 5. The third-order valence-corrected chi connectivity index (χ3v) is 5.82. The highest BCUT2D eigenvalue weighted by atomic mass is 16.5. The van der Waals surface area contributed by atoms with E-state index in [4.69, 9.17) is 15.2 Å². The van der Waals surface area contributed by atoms with Gasteiger partial charge in [0.05, 0.1) is 42.3 Å². The number of hydrogen-bond acceptors (Lipinski definition) is 9. The summed E-state index contributed by atoms with van der Waals surface area (Å²) in [5.41, 5.74) is 7.66. The van der Waals surface area contributed by atoms with Gasteiger partial charge in [0.2, 0.25) is 0 Å². The second-order valence-electron chi connectivity index (χ2n) is 7.97. The van der Waals surface area contributed by atoms with E-state index in [0.717, 1.165) is 12.8 Å². The summed E-state index contributed by atoms with van der Waals surface area (Å²) in [6, 6.07) is 4.44. The van der Waals surface area contributed by atoms with Crippen LogP contribution in [0.3, 0.4) is 0 Å². The minimum atomic E-state index is -0.558.